The van der Waals surface area contributed by atoms with E-state index in [4.69, 9.17) is 10.2 Å². The lowest BCUT2D eigenvalue weighted by atomic mass is 9.94. The first-order valence-corrected chi connectivity index (χ1v) is 7.15. The van der Waals surface area contributed by atoms with Gasteiger partial charge in [-0.05, 0) is 27.2 Å². The Bertz CT molecular complexity index is 435. The summed E-state index contributed by atoms with van der Waals surface area (Å²) in [7, 11) is 0. The van der Waals surface area contributed by atoms with E-state index in [9.17, 15) is 4.79 Å². The van der Waals surface area contributed by atoms with Crippen molar-refractivity contribution in [2.45, 2.75) is 63.1 Å². The number of thioether (sulfide) groups is 1. The molecule has 6 nitrogen and oxygen atoms in total. The molecule has 1 amide bonds. The van der Waals surface area contributed by atoms with Crippen LogP contribution in [0.3, 0.4) is 0 Å². The number of hydrogen-bond donors (Lipinski definition) is 2. The number of rotatable bonds is 7. The van der Waals surface area contributed by atoms with E-state index < -0.39 is 5.54 Å². The van der Waals surface area contributed by atoms with E-state index in [0.717, 1.165) is 0 Å². The highest BCUT2D eigenvalue weighted by Crippen LogP contribution is 2.28. The summed E-state index contributed by atoms with van der Waals surface area (Å²) >= 11 is 1.45. The Morgan fingerprint density at radius 2 is 2.11 bits per heavy atom. The van der Waals surface area contributed by atoms with Gasteiger partial charge in [-0.2, -0.15) is 0 Å². The van der Waals surface area contributed by atoms with Crippen LogP contribution in [-0.2, 0) is 4.79 Å². The summed E-state index contributed by atoms with van der Waals surface area (Å²) in [6.07, 6.45) is 0.590. The van der Waals surface area contributed by atoms with Crippen LogP contribution in [0.5, 0.6) is 0 Å². The second-order valence-corrected chi connectivity index (χ2v) is 6.60. The number of amides is 1. The summed E-state index contributed by atoms with van der Waals surface area (Å²) in [5.41, 5.74) is 4.76. The molecule has 0 bridgehead atoms. The smallest absolute Gasteiger partial charge is 0.276 e. The van der Waals surface area contributed by atoms with Crippen LogP contribution in [0.25, 0.3) is 0 Å². The number of aromatic nitrogens is 2. The topological polar surface area (TPSA) is 94.0 Å². The van der Waals surface area contributed by atoms with Gasteiger partial charge in [-0.15, -0.1) is 10.2 Å². The first-order chi connectivity index (χ1) is 8.73. The van der Waals surface area contributed by atoms with Crippen LogP contribution >= 0.6 is 11.8 Å². The Morgan fingerprint density at radius 3 is 2.53 bits per heavy atom. The van der Waals surface area contributed by atoms with Gasteiger partial charge in [-0.25, -0.2) is 0 Å². The van der Waals surface area contributed by atoms with Gasteiger partial charge in [0.15, 0.2) is 0 Å². The summed E-state index contributed by atoms with van der Waals surface area (Å²) in [4.78, 5) is 11.6. The predicted octanol–water partition coefficient (Wildman–Crippen LogP) is 1.49. The zero-order valence-electron chi connectivity index (χ0n) is 12.1. The molecule has 1 heterocycles. The molecule has 0 radical (unpaired) electrons. The minimum Gasteiger partial charge on any atom is -0.416 e. The van der Waals surface area contributed by atoms with Crippen molar-refractivity contribution >= 4 is 17.7 Å². The fraction of sp³-hybridized carbons (Fsp3) is 0.750. The van der Waals surface area contributed by atoms with Crippen molar-refractivity contribution in [1.29, 1.82) is 0 Å². The van der Waals surface area contributed by atoms with Crippen molar-refractivity contribution in [2.75, 3.05) is 0 Å². The van der Waals surface area contributed by atoms with Crippen LogP contribution in [0.1, 0.15) is 40.0 Å². The van der Waals surface area contributed by atoms with Gasteiger partial charge < -0.3 is 15.5 Å². The van der Waals surface area contributed by atoms with Crippen molar-refractivity contribution in [3.05, 3.63) is 5.89 Å². The standard InChI is InChI=1S/C12H22N4O2S/c1-7(2)14-12(5,10(13)17)6-8(3)19-11-16-15-9(4)18-11/h7-8,14H,6H2,1-5H3,(H2,13,17). The van der Waals surface area contributed by atoms with Crippen molar-refractivity contribution in [1.82, 2.24) is 15.5 Å². The number of nitrogens with zero attached hydrogens (tertiary/aromatic N) is 2. The second-order valence-electron chi connectivity index (χ2n) is 5.21. The van der Waals surface area contributed by atoms with Crippen LogP contribution in [0.2, 0.25) is 0 Å². The highest BCUT2D eigenvalue weighted by molar-refractivity contribution is 7.99. The third-order valence-corrected chi connectivity index (χ3v) is 3.59. The molecular weight excluding hydrogens is 264 g/mol. The summed E-state index contributed by atoms with van der Waals surface area (Å²) in [5, 5.41) is 11.6. The minimum absolute atomic E-state index is 0.128. The zero-order valence-corrected chi connectivity index (χ0v) is 12.9. The Hall–Kier alpha value is -1.08. The van der Waals surface area contributed by atoms with E-state index in [0.29, 0.717) is 17.5 Å². The average Bonchev–Trinajstić information content (AvgIpc) is 2.61. The van der Waals surface area contributed by atoms with E-state index in [1.54, 1.807) is 6.92 Å². The van der Waals surface area contributed by atoms with Gasteiger partial charge in [0.25, 0.3) is 5.22 Å². The molecule has 1 aromatic heterocycles. The van der Waals surface area contributed by atoms with Crippen LogP contribution in [0, 0.1) is 6.92 Å². The van der Waals surface area contributed by atoms with Gasteiger partial charge in [0.1, 0.15) is 0 Å². The molecule has 108 valence electrons. The van der Waals surface area contributed by atoms with Gasteiger partial charge in [0.05, 0.1) is 5.54 Å². The van der Waals surface area contributed by atoms with Gasteiger partial charge in [0, 0.05) is 18.2 Å². The monoisotopic (exact) mass is 286 g/mol. The maximum atomic E-state index is 11.6. The SMILES string of the molecule is Cc1nnc(SC(C)CC(C)(NC(C)C)C(N)=O)o1. The number of hydrogen-bond acceptors (Lipinski definition) is 6. The maximum Gasteiger partial charge on any atom is 0.276 e. The molecule has 0 saturated heterocycles. The minimum atomic E-state index is -0.740. The number of nitrogens with one attached hydrogen (secondary N) is 1. The first kappa shape index (κ1) is 16.0. The van der Waals surface area contributed by atoms with Crippen LogP contribution in [-0.4, -0.2) is 32.9 Å². The van der Waals surface area contributed by atoms with E-state index in [1.807, 2.05) is 27.7 Å². The van der Waals surface area contributed by atoms with Crippen LogP contribution in [0.15, 0.2) is 9.64 Å². The largest absolute Gasteiger partial charge is 0.416 e. The number of carbonyl (C=O) groups excluding carboxylic acids is 1. The molecule has 0 saturated carbocycles. The number of aryl methyl sites for hydroxylation is 1. The van der Waals surface area contributed by atoms with Crippen molar-refractivity contribution in [3.8, 4) is 0 Å². The Labute approximate surface area is 117 Å². The highest BCUT2D eigenvalue weighted by Gasteiger charge is 2.33. The summed E-state index contributed by atoms with van der Waals surface area (Å²) in [6, 6.07) is 0.181. The Balaban J connectivity index is 2.66. The van der Waals surface area contributed by atoms with E-state index >= 15 is 0 Å². The highest BCUT2D eigenvalue weighted by atomic mass is 32.2. The fourth-order valence-corrected chi connectivity index (χ4v) is 3.00. The Morgan fingerprint density at radius 1 is 1.47 bits per heavy atom. The third-order valence-electron chi connectivity index (χ3n) is 2.66. The van der Waals surface area contributed by atoms with E-state index in [-0.39, 0.29) is 17.2 Å². The zero-order chi connectivity index (χ0) is 14.6. The van der Waals surface area contributed by atoms with Crippen molar-refractivity contribution in [3.63, 3.8) is 0 Å². The van der Waals surface area contributed by atoms with E-state index in [2.05, 4.69) is 15.5 Å². The van der Waals surface area contributed by atoms with Gasteiger partial charge in [0.2, 0.25) is 11.8 Å². The predicted molar refractivity (Wildman–Crippen MR) is 74.8 cm³/mol. The molecule has 0 spiro atoms. The molecule has 0 aromatic carbocycles. The fourth-order valence-electron chi connectivity index (χ4n) is 1.98. The number of carbonyl (C=O) groups is 1. The molecular formula is C12H22N4O2S. The molecule has 0 aliphatic heterocycles. The molecule has 2 atom stereocenters. The summed E-state index contributed by atoms with van der Waals surface area (Å²) in [6.45, 7) is 9.55. The quantitative estimate of drug-likeness (QED) is 0.738. The summed E-state index contributed by atoms with van der Waals surface area (Å²) in [5.74, 6) is 0.183. The molecule has 1 aromatic rings. The van der Waals surface area contributed by atoms with Gasteiger partial charge in [-0.1, -0.05) is 18.7 Å². The third kappa shape index (κ3) is 4.83. The number of primary amides is 1. The maximum absolute atomic E-state index is 11.6. The van der Waals surface area contributed by atoms with Gasteiger partial charge >= 0.3 is 0 Å². The van der Waals surface area contributed by atoms with Crippen LogP contribution < -0.4 is 11.1 Å². The van der Waals surface area contributed by atoms with Crippen LogP contribution in [0.4, 0.5) is 0 Å². The number of nitrogens with two attached hydrogens (primary N) is 1. The molecule has 19 heavy (non-hydrogen) atoms. The molecule has 0 fully saturated rings. The van der Waals surface area contributed by atoms with Crippen molar-refractivity contribution in [2.24, 2.45) is 5.73 Å². The van der Waals surface area contributed by atoms with E-state index in [1.165, 1.54) is 11.8 Å². The second kappa shape index (κ2) is 6.38. The average molecular weight is 286 g/mol. The molecule has 0 aliphatic rings. The molecule has 1 rings (SSSR count). The van der Waals surface area contributed by atoms with Gasteiger partial charge in [-0.3, -0.25) is 4.79 Å². The van der Waals surface area contributed by atoms with Crippen molar-refractivity contribution < 1.29 is 9.21 Å². The lowest BCUT2D eigenvalue weighted by Gasteiger charge is -2.31. The molecule has 3 N–H and O–H groups in total. The lowest BCUT2D eigenvalue weighted by molar-refractivity contribution is -0.124. The first-order valence-electron chi connectivity index (χ1n) is 6.27. The normalized spacial score (nSPS) is 16.3. The molecule has 0 aliphatic carbocycles. The Kier molecular flexibility index (Phi) is 5.37. The lowest BCUT2D eigenvalue weighted by Crippen LogP contribution is -2.56. The summed E-state index contributed by atoms with van der Waals surface area (Å²) < 4.78 is 5.31. The molecule has 2 unspecified atom stereocenters. The molecule has 7 heteroatoms.